The molecule has 1 N–H and O–H groups in total. The van der Waals surface area contributed by atoms with Crippen LogP contribution >= 0.6 is 0 Å². The molecule has 0 amide bonds. The Hall–Kier alpha value is -2.62. The number of hydrogen-bond donors (Lipinski definition) is 1. The lowest BCUT2D eigenvalue weighted by atomic mass is 10.1. The van der Waals surface area contributed by atoms with Crippen molar-refractivity contribution in [2.24, 2.45) is 0 Å². The number of aryl methyl sites for hydroxylation is 1. The van der Waals surface area contributed by atoms with Crippen molar-refractivity contribution in [2.45, 2.75) is 13.5 Å². The van der Waals surface area contributed by atoms with Gasteiger partial charge in [0.15, 0.2) is 0 Å². The molecule has 0 unspecified atom stereocenters. The average molecular weight is 266 g/mol. The van der Waals surface area contributed by atoms with Gasteiger partial charge in [-0.05, 0) is 43.3 Å². The number of rotatable bonds is 3. The van der Waals surface area contributed by atoms with Crippen molar-refractivity contribution < 1.29 is 9.90 Å². The van der Waals surface area contributed by atoms with Crippen LogP contribution in [0.3, 0.4) is 0 Å². The van der Waals surface area contributed by atoms with Crippen LogP contribution in [0.4, 0.5) is 0 Å². The topological polar surface area (TPSA) is 55.1 Å². The minimum absolute atomic E-state index is 0.309. The van der Waals surface area contributed by atoms with Crippen molar-refractivity contribution in [3.8, 4) is 0 Å². The first-order valence-electron chi connectivity index (χ1n) is 6.38. The number of pyridine rings is 1. The molecule has 100 valence electrons. The number of nitrogens with zero attached hydrogens (tertiary/aromatic N) is 2. The van der Waals surface area contributed by atoms with Gasteiger partial charge in [-0.25, -0.2) is 4.79 Å². The Labute approximate surface area is 116 Å². The Bertz CT molecular complexity index is 790. The Kier molecular flexibility index (Phi) is 2.99. The van der Waals surface area contributed by atoms with E-state index in [1.54, 1.807) is 12.1 Å². The van der Waals surface area contributed by atoms with Gasteiger partial charge in [0.1, 0.15) is 0 Å². The highest BCUT2D eigenvalue weighted by Crippen LogP contribution is 2.19. The third-order valence-corrected chi connectivity index (χ3v) is 3.30. The number of hydrogen-bond acceptors (Lipinski definition) is 2. The molecule has 3 aromatic rings. The van der Waals surface area contributed by atoms with Crippen LogP contribution in [-0.4, -0.2) is 20.6 Å². The molecule has 0 saturated heterocycles. The van der Waals surface area contributed by atoms with Crippen LogP contribution in [0, 0.1) is 6.92 Å². The molecule has 4 nitrogen and oxygen atoms in total. The van der Waals surface area contributed by atoms with Gasteiger partial charge < -0.3 is 9.67 Å². The molecule has 20 heavy (non-hydrogen) atoms. The molecule has 0 radical (unpaired) electrons. The molecular formula is C16H14N2O2. The normalized spacial score (nSPS) is 10.8. The largest absolute Gasteiger partial charge is 0.478 e. The van der Waals surface area contributed by atoms with Gasteiger partial charge in [-0.1, -0.05) is 6.07 Å². The molecule has 0 fully saturated rings. The van der Waals surface area contributed by atoms with Crippen molar-refractivity contribution in [1.29, 1.82) is 0 Å². The van der Waals surface area contributed by atoms with E-state index in [9.17, 15) is 4.79 Å². The van der Waals surface area contributed by atoms with Gasteiger partial charge in [0.2, 0.25) is 0 Å². The predicted molar refractivity (Wildman–Crippen MR) is 77.0 cm³/mol. The molecule has 4 heteroatoms. The van der Waals surface area contributed by atoms with Gasteiger partial charge in [-0.2, -0.15) is 0 Å². The number of carboxylic acid groups (broad SMARTS) is 1. The van der Waals surface area contributed by atoms with Crippen LogP contribution in [-0.2, 0) is 6.54 Å². The fraction of sp³-hybridized carbons (Fsp3) is 0.125. The maximum Gasteiger partial charge on any atom is 0.335 e. The first kappa shape index (κ1) is 12.4. The molecule has 0 aliphatic heterocycles. The monoisotopic (exact) mass is 266 g/mol. The van der Waals surface area contributed by atoms with Gasteiger partial charge in [-0.3, -0.25) is 4.98 Å². The quantitative estimate of drug-likeness (QED) is 0.792. The van der Waals surface area contributed by atoms with E-state index in [1.165, 1.54) is 0 Å². The summed E-state index contributed by atoms with van der Waals surface area (Å²) < 4.78 is 2.07. The predicted octanol–water partition coefficient (Wildman–Crippen LogP) is 3.09. The SMILES string of the molecule is Cc1cccc(Cn2ccc3cc(C(=O)O)ccc32)n1. The van der Waals surface area contributed by atoms with Crippen LogP contribution in [0.15, 0.2) is 48.7 Å². The second-order valence-electron chi connectivity index (χ2n) is 4.79. The summed E-state index contributed by atoms with van der Waals surface area (Å²) in [6.07, 6.45) is 1.96. The zero-order valence-electron chi connectivity index (χ0n) is 11.1. The third-order valence-electron chi connectivity index (χ3n) is 3.30. The van der Waals surface area contributed by atoms with Crippen LogP contribution < -0.4 is 0 Å². The lowest BCUT2D eigenvalue weighted by Crippen LogP contribution is -2.01. The molecule has 1 aromatic carbocycles. The molecule has 2 aromatic heterocycles. The zero-order chi connectivity index (χ0) is 14.1. The molecular weight excluding hydrogens is 252 g/mol. The third kappa shape index (κ3) is 2.28. The number of aromatic carboxylic acids is 1. The molecule has 0 spiro atoms. The van der Waals surface area contributed by atoms with Crippen molar-refractivity contribution in [3.63, 3.8) is 0 Å². The number of fused-ring (bicyclic) bond motifs is 1. The van der Waals surface area contributed by atoms with Crippen LogP contribution in [0.5, 0.6) is 0 Å². The molecule has 2 heterocycles. The molecule has 0 bridgehead atoms. The van der Waals surface area contributed by atoms with Crippen molar-refractivity contribution in [3.05, 3.63) is 65.6 Å². The summed E-state index contributed by atoms with van der Waals surface area (Å²) in [5.41, 5.74) is 3.30. The maximum atomic E-state index is 11.0. The van der Waals surface area contributed by atoms with Crippen molar-refractivity contribution >= 4 is 16.9 Å². The fourth-order valence-electron chi connectivity index (χ4n) is 2.33. The van der Waals surface area contributed by atoms with Crippen LogP contribution in [0.25, 0.3) is 10.9 Å². The molecule has 0 aliphatic rings. The van der Waals surface area contributed by atoms with Crippen LogP contribution in [0.2, 0.25) is 0 Å². The summed E-state index contributed by atoms with van der Waals surface area (Å²) in [6, 6.07) is 13.0. The van der Waals surface area contributed by atoms with E-state index < -0.39 is 5.97 Å². The van der Waals surface area contributed by atoms with E-state index in [0.29, 0.717) is 12.1 Å². The lowest BCUT2D eigenvalue weighted by molar-refractivity contribution is 0.0697. The van der Waals surface area contributed by atoms with Gasteiger partial charge in [0, 0.05) is 22.8 Å². The second kappa shape index (κ2) is 4.81. The number of aromatic nitrogens is 2. The van der Waals surface area contributed by atoms with Gasteiger partial charge in [-0.15, -0.1) is 0 Å². The van der Waals surface area contributed by atoms with E-state index in [-0.39, 0.29) is 0 Å². The summed E-state index contributed by atoms with van der Waals surface area (Å²) in [5.74, 6) is -0.903. The second-order valence-corrected chi connectivity index (χ2v) is 4.79. The smallest absolute Gasteiger partial charge is 0.335 e. The summed E-state index contributed by atoms with van der Waals surface area (Å²) in [7, 11) is 0. The van der Waals surface area contributed by atoms with Crippen molar-refractivity contribution in [2.75, 3.05) is 0 Å². The van der Waals surface area contributed by atoms with E-state index in [4.69, 9.17) is 5.11 Å². The molecule has 0 atom stereocenters. The maximum absolute atomic E-state index is 11.0. The summed E-state index contributed by atoms with van der Waals surface area (Å²) in [4.78, 5) is 15.4. The van der Waals surface area contributed by atoms with E-state index in [0.717, 1.165) is 22.3 Å². The standard InChI is InChI=1S/C16H14N2O2/c1-11-3-2-4-14(17-11)10-18-8-7-12-9-13(16(19)20)5-6-15(12)18/h2-9H,10H2,1H3,(H,19,20). The van der Waals surface area contributed by atoms with Gasteiger partial charge in [0.05, 0.1) is 17.8 Å². The van der Waals surface area contributed by atoms with Crippen molar-refractivity contribution in [1.82, 2.24) is 9.55 Å². The number of carboxylic acids is 1. The molecule has 0 saturated carbocycles. The Morgan fingerprint density at radius 1 is 1.25 bits per heavy atom. The summed E-state index contributed by atoms with van der Waals surface area (Å²) in [5, 5.41) is 9.93. The minimum atomic E-state index is -0.903. The first-order chi connectivity index (χ1) is 9.63. The highest BCUT2D eigenvalue weighted by Gasteiger charge is 2.07. The number of benzene rings is 1. The summed E-state index contributed by atoms with van der Waals surface area (Å²) >= 11 is 0. The van der Waals surface area contributed by atoms with Gasteiger partial charge in [0.25, 0.3) is 0 Å². The van der Waals surface area contributed by atoms with Gasteiger partial charge >= 0.3 is 5.97 Å². The fourth-order valence-corrected chi connectivity index (χ4v) is 2.33. The Morgan fingerprint density at radius 3 is 2.85 bits per heavy atom. The summed E-state index contributed by atoms with van der Waals surface area (Å²) in [6.45, 7) is 2.65. The lowest BCUT2D eigenvalue weighted by Gasteiger charge is -2.06. The van der Waals surface area contributed by atoms with E-state index in [2.05, 4.69) is 9.55 Å². The Balaban J connectivity index is 1.98. The van der Waals surface area contributed by atoms with E-state index >= 15 is 0 Å². The average Bonchev–Trinajstić information content (AvgIpc) is 2.81. The van der Waals surface area contributed by atoms with Crippen LogP contribution in [0.1, 0.15) is 21.7 Å². The highest BCUT2D eigenvalue weighted by molar-refractivity contribution is 5.93. The molecule has 0 aliphatic carbocycles. The number of carbonyl (C=O) groups is 1. The minimum Gasteiger partial charge on any atom is -0.478 e. The van der Waals surface area contributed by atoms with E-state index in [1.807, 2.05) is 43.5 Å². The first-order valence-corrected chi connectivity index (χ1v) is 6.38. The zero-order valence-corrected chi connectivity index (χ0v) is 11.1. The molecule has 3 rings (SSSR count). The Morgan fingerprint density at radius 2 is 2.10 bits per heavy atom. The highest BCUT2D eigenvalue weighted by atomic mass is 16.4.